The lowest BCUT2D eigenvalue weighted by atomic mass is 9.96. The molecule has 1 N–H and O–H groups in total. The van der Waals surface area contributed by atoms with Gasteiger partial charge in [-0.3, -0.25) is 4.98 Å². The lowest BCUT2D eigenvalue weighted by Crippen LogP contribution is -2.01. The first kappa shape index (κ1) is 17.8. The fraction of sp³-hybridized carbons (Fsp3) is 0.182. The highest BCUT2D eigenvalue weighted by molar-refractivity contribution is 5.79. The molecule has 3 aromatic rings. The third-order valence-electron chi connectivity index (χ3n) is 4.48. The molecule has 1 aromatic carbocycles. The number of aliphatic hydroxyl groups is 1. The molecule has 4 nitrogen and oxygen atoms in total. The number of allylic oxidation sites excluding steroid dienone is 2. The van der Waals surface area contributed by atoms with Crippen molar-refractivity contribution in [3.8, 4) is 11.1 Å². The molecule has 0 amide bonds. The van der Waals surface area contributed by atoms with E-state index in [0.717, 1.165) is 34.4 Å². The Balaban J connectivity index is 1.97. The van der Waals surface area contributed by atoms with Crippen LogP contribution in [0.25, 0.3) is 22.4 Å². The van der Waals surface area contributed by atoms with Crippen LogP contribution in [0.15, 0.2) is 67.8 Å². The number of pyridine rings is 1. The van der Waals surface area contributed by atoms with Gasteiger partial charge in [-0.1, -0.05) is 43.8 Å². The lowest BCUT2D eigenvalue weighted by molar-refractivity contribution is 0.281. The Labute approximate surface area is 154 Å². The zero-order chi connectivity index (χ0) is 18.5. The van der Waals surface area contributed by atoms with Gasteiger partial charge in [-0.25, -0.2) is 4.68 Å². The normalized spacial score (nSPS) is 11.6. The van der Waals surface area contributed by atoms with Crippen molar-refractivity contribution in [3.63, 3.8) is 0 Å². The number of aliphatic hydroxyl groups excluding tert-OH is 1. The van der Waals surface area contributed by atoms with Crippen LogP contribution in [0.2, 0.25) is 0 Å². The number of aromatic nitrogens is 3. The standard InChI is InChI=1S/C22H23N3O/c1-4-18(5-2)22-9-7-6-8-21(22)16(3)25-14-20(13-24-25)19-10-17(15-26)11-23-12-19/h4,6-14,26H,3,5,15H2,1-2H3/b18-4-. The molecule has 0 radical (unpaired) electrons. The quantitative estimate of drug-likeness (QED) is 0.700. The largest absolute Gasteiger partial charge is 0.392 e. The van der Waals surface area contributed by atoms with Gasteiger partial charge in [0.15, 0.2) is 0 Å². The van der Waals surface area contributed by atoms with E-state index < -0.39 is 0 Å². The van der Waals surface area contributed by atoms with Crippen LogP contribution < -0.4 is 0 Å². The highest BCUT2D eigenvalue weighted by Crippen LogP contribution is 2.28. The molecule has 0 bridgehead atoms. The number of hydrogen-bond acceptors (Lipinski definition) is 3. The van der Waals surface area contributed by atoms with Crippen molar-refractivity contribution >= 4 is 11.3 Å². The zero-order valence-electron chi connectivity index (χ0n) is 15.2. The third kappa shape index (κ3) is 3.51. The summed E-state index contributed by atoms with van der Waals surface area (Å²) in [5.74, 6) is 0. The molecule has 26 heavy (non-hydrogen) atoms. The van der Waals surface area contributed by atoms with E-state index in [2.05, 4.69) is 48.7 Å². The van der Waals surface area contributed by atoms with Crippen LogP contribution >= 0.6 is 0 Å². The lowest BCUT2D eigenvalue weighted by Gasteiger charge is -2.14. The van der Waals surface area contributed by atoms with Gasteiger partial charge in [-0.15, -0.1) is 0 Å². The van der Waals surface area contributed by atoms with Crippen molar-refractivity contribution in [2.45, 2.75) is 26.9 Å². The summed E-state index contributed by atoms with van der Waals surface area (Å²) >= 11 is 0. The first-order chi connectivity index (χ1) is 12.7. The summed E-state index contributed by atoms with van der Waals surface area (Å²) in [4.78, 5) is 4.18. The average molecular weight is 345 g/mol. The third-order valence-corrected chi connectivity index (χ3v) is 4.48. The molecular formula is C22H23N3O. The summed E-state index contributed by atoms with van der Waals surface area (Å²) in [6.45, 7) is 8.45. The minimum atomic E-state index is -0.0296. The van der Waals surface area contributed by atoms with E-state index in [1.165, 1.54) is 11.1 Å². The maximum Gasteiger partial charge on any atom is 0.0697 e. The second kappa shape index (κ2) is 7.93. The molecule has 0 spiro atoms. The van der Waals surface area contributed by atoms with E-state index >= 15 is 0 Å². The topological polar surface area (TPSA) is 50.9 Å². The molecule has 132 valence electrons. The van der Waals surface area contributed by atoms with E-state index in [0.29, 0.717) is 0 Å². The molecule has 0 aliphatic carbocycles. The summed E-state index contributed by atoms with van der Waals surface area (Å²) in [6, 6.07) is 10.2. The Hall–Kier alpha value is -2.98. The van der Waals surface area contributed by atoms with Gasteiger partial charge in [0.2, 0.25) is 0 Å². The Kier molecular flexibility index (Phi) is 5.44. The van der Waals surface area contributed by atoms with Crippen molar-refractivity contribution < 1.29 is 5.11 Å². The highest BCUT2D eigenvalue weighted by Gasteiger charge is 2.12. The monoisotopic (exact) mass is 345 g/mol. The van der Waals surface area contributed by atoms with Gasteiger partial charge in [0.1, 0.15) is 0 Å². The molecule has 0 aliphatic rings. The highest BCUT2D eigenvalue weighted by atomic mass is 16.3. The molecule has 0 fully saturated rings. The van der Waals surface area contributed by atoms with Crippen molar-refractivity contribution in [3.05, 3.63) is 84.5 Å². The van der Waals surface area contributed by atoms with Crippen LogP contribution in [-0.4, -0.2) is 19.9 Å². The summed E-state index contributed by atoms with van der Waals surface area (Å²) in [6.07, 6.45) is 10.3. The average Bonchev–Trinajstić information content (AvgIpc) is 3.19. The van der Waals surface area contributed by atoms with Crippen LogP contribution in [0.3, 0.4) is 0 Å². The fourth-order valence-electron chi connectivity index (χ4n) is 3.04. The van der Waals surface area contributed by atoms with E-state index in [4.69, 9.17) is 0 Å². The van der Waals surface area contributed by atoms with Gasteiger partial charge in [0, 0.05) is 35.3 Å². The van der Waals surface area contributed by atoms with Gasteiger partial charge in [0.05, 0.1) is 18.5 Å². The molecule has 2 aromatic heterocycles. The van der Waals surface area contributed by atoms with Crippen molar-refractivity contribution in [2.24, 2.45) is 0 Å². The van der Waals surface area contributed by atoms with Crippen molar-refractivity contribution in [1.29, 1.82) is 0 Å². The Morgan fingerprint density at radius 2 is 1.92 bits per heavy atom. The summed E-state index contributed by atoms with van der Waals surface area (Å²) in [5.41, 5.74) is 7.00. The minimum absolute atomic E-state index is 0.0296. The van der Waals surface area contributed by atoms with E-state index in [-0.39, 0.29) is 6.61 Å². The Morgan fingerprint density at radius 3 is 2.62 bits per heavy atom. The number of rotatable bonds is 6. The van der Waals surface area contributed by atoms with E-state index in [9.17, 15) is 5.11 Å². The molecular weight excluding hydrogens is 322 g/mol. The van der Waals surface area contributed by atoms with Gasteiger partial charge < -0.3 is 5.11 Å². The maximum atomic E-state index is 9.30. The van der Waals surface area contributed by atoms with E-state index in [1.807, 2.05) is 24.4 Å². The Bertz CT molecular complexity index is 953. The Morgan fingerprint density at radius 1 is 1.15 bits per heavy atom. The number of benzene rings is 1. The van der Waals surface area contributed by atoms with Crippen LogP contribution in [0, 0.1) is 0 Å². The van der Waals surface area contributed by atoms with Crippen LogP contribution in [0.5, 0.6) is 0 Å². The van der Waals surface area contributed by atoms with E-state index in [1.54, 1.807) is 23.3 Å². The fourth-order valence-corrected chi connectivity index (χ4v) is 3.04. The summed E-state index contributed by atoms with van der Waals surface area (Å²) < 4.78 is 1.79. The van der Waals surface area contributed by atoms with Gasteiger partial charge in [-0.2, -0.15) is 5.10 Å². The number of hydrogen-bond donors (Lipinski definition) is 1. The predicted octanol–water partition coefficient (Wildman–Crippen LogP) is 4.77. The molecule has 0 saturated carbocycles. The molecule has 3 rings (SSSR count). The predicted molar refractivity (Wildman–Crippen MR) is 106 cm³/mol. The smallest absolute Gasteiger partial charge is 0.0697 e. The second-order valence-corrected chi connectivity index (χ2v) is 6.07. The molecule has 0 aliphatic heterocycles. The van der Waals surface area contributed by atoms with Crippen LogP contribution in [-0.2, 0) is 6.61 Å². The maximum absolute atomic E-state index is 9.30. The molecule has 0 saturated heterocycles. The van der Waals surface area contributed by atoms with Gasteiger partial charge in [-0.05, 0) is 36.1 Å². The van der Waals surface area contributed by atoms with Crippen LogP contribution in [0.1, 0.15) is 37.0 Å². The number of nitrogens with zero attached hydrogens (tertiary/aromatic N) is 3. The molecule has 0 atom stereocenters. The van der Waals surface area contributed by atoms with Crippen molar-refractivity contribution in [2.75, 3.05) is 0 Å². The zero-order valence-corrected chi connectivity index (χ0v) is 15.2. The first-order valence-electron chi connectivity index (χ1n) is 8.72. The van der Waals surface area contributed by atoms with Gasteiger partial charge in [0.25, 0.3) is 0 Å². The second-order valence-electron chi connectivity index (χ2n) is 6.07. The first-order valence-corrected chi connectivity index (χ1v) is 8.72. The molecule has 0 unspecified atom stereocenters. The summed E-state index contributed by atoms with van der Waals surface area (Å²) in [5, 5.41) is 13.8. The summed E-state index contributed by atoms with van der Waals surface area (Å²) in [7, 11) is 0. The molecule has 2 heterocycles. The molecule has 4 heteroatoms. The van der Waals surface area contributed by atoms with Crippen LogP contribution in [0.4, 0.5) is 0 Å². The minimum Gasteiger partial charge on any atom is -0.392 e. The SMILES string of the molecule is C=C(c1ccccc1/C(=C\C)CC)n1cc(-c2cncc(CO)c2)cn1. The van der Waals surface area contributed by atoms with Gasteiger partial charge >= 0.3 is 0 Å². The van der Waals surface area contributed by atoms with Crippen molar-refractivity contribution in [1.82, 2.24) is 14.8 Å².